The van der Waals surface area contributed by atoms with Crippen LogP contribution in [0.15, 0.2) is 12.4 Å². The van der Waals surface area contributed by atoms with Crippen molar-refractivity contribution in [2.45, 2.75) is 6.92 Å². The molecule has 94 valence electrons. The van der Waals surface area contributed by atoms with Gasteiger partial charge in [-0.3, -0.25) is 0 Å². The summed E-state index contributed by atoms with van der Waals surface area (Å²) in [6.45, 7) is 3.38. The third-order valence-electron chi connectivity index (χ3n) is 2.59. The predicted molar refractivity (Wildman–Crippen MR) is 64.1 cm³/mol. The molecule has 0 N–H and O–H groups in total. The topological polar surface area (TPSA) is 72.4 Å². The number of hydrogen-bond donors (Lipinski definition) is 0. The molecule has 6 nitrogen and oxygen atoms in total. The highest BCUT2D eigenvalue weighted by Crippen LogP contribution is 2.17. The molecule has 0 unspecified atom stereocenters. The minimum Gasteiger partial charge on any atom is -0.478 e. The van der Waals surface area contributed by atoms with Gasteiger partial charge in [0, 0.05) is 19.2 Å². The van der Waals surface area contributed by atoms with E-state index < -0.39 is 9.84 Å². The molecule has 1 aliphatic heterocycles. The summed E-state index contributed by atoms with van der Waals surface area (Å²) in [6, 6.07) is 1.74. The number of sulfone groups is 1. The van der Waals surface area contributed by atoms with Crippen LogP contribution in [0.4, 0.5) is 5.82 Å². The van der Waals surface area contributed by atoms with E-state index in [1.165, 1.54) is 6.33 Å². The van der Waals surface area contributed by atoms with Gasteiger partial charge in [0.2, 0.25) is 5.88 Å². The lowest BCUT2D eigenvalue weighted by Crippen LogP contribution is -2.40. The quantitative estimate of drug-likeness (QED) is 0.765. The normalized spacial score (nSPS) is 19.0. The lowest BCUT2D eigenvalue weighted by Gasteiger charge is -2.27. The van der Waals surface area contributed by atoms with E-state index in [2.05, 4.69) is 9.97 Å². The Morgan fingerprint density at radius 3 is 2.71 bits per heavy atom. The summed E-state index contributed by atoms with van der Waals surface area (Å²) in [4.78, 5) is 10.0. The fourth-order valence-electron chi connectivity index (χ4n) is 1.67. The number of anilines is 1. The Bertz CT molecular complexity index is 475. The Morgan fingerprint density at radius 2 is 2.06 bits per heavy atom. The summed E-state index contributed by atoms with van der Waals surface area (Å²) in [5.41, 5.74) is 0. The van der Waals surface area contributed by atoms with E-state index in [9.17, 15) is 8.42 Å². The van der Waals surface area contributed by atoms with Crippen molar-refractivity contribution >= 4 is 15.7 Å². The van der Waals surface area contributed by atoms with Crippen molar-refractivity contribution < 1.29 is 13.2 Å². The van der Waals surface area contributed by atoms with Crippen molar-refractivity contribution in [3.05, 3.63) is 12.4 Å². The second kappa shape index (κ2) is 4.87. The third-order valence-corrected chi connectivity index (χ3v) is 4.20. The molecule has 0 amide bonds. The lowest BCUT2D eigenvalue weighted by molar-refractivity contribution is 0.326. The molecule has 1 aliphatic rings. The number of rotatable bonds is 3. The van der Waals surface area contributed by atoms with Gasteiger partial charge in [-0.2, -0.15) is 0 Å². The van der Waals surface area contributed by atoms with Gasteiger partial charge in [0.25, 0.3) is 0 Å². The van der Waals surface area contributed by atoms with Gasteiger partial charge in [-0.05, 0) is 6.92 Å². The molecule has 0 saturated carbocycles. The van der Waals surface area contributed by atoms with E-state index in [0.29, 0.717) is 25.6 Å². The molecular weight excluding hydrogens is 242 g/mol. The third kappa shape index (κ3) is 3.06. The average molecular weight is 257 g/mol. The second-order valence-electron chi connectivity index (χ2n) is 3.79. The van der Waals surface area contributed by atoms with Crippen LogP contribution in [0.5, 0.6) is 5.88 Å². The van der Waals surface area contributed by atoms with E-state index in [0.717, 1.165) is 5.82 Å². The molecule has 1 fully saturated rings. The summed E-state index contributed by atoms with van der Waals surface area (Å²) in [7, 11) is -2.86. The monoisotopic (exact) mass is 257 g/mol. The van der Waals surface area contributed by atoms with Crippen molar-refractivity contribution in [1.82, 2.24) is 9.97 Å². The first-order chi connectivity index (χ1) is 8.11. The lowest BCUT2D eigenvalue weighted by atomic mass is 10.4. The molecule has 1 aromatic rings. The zero-order valence-corrected chi connectivity index (χ0v) is 10.5. The molecule has 2 heterocycles. The summed E-state index contributed by atoms with van der Waals surface area (Å²) < 4.78 is 27.9. The van der Waals surface area contributed by atoms with Crippen LogP contribution in [-0.4, -0.2) is 49.6 Å². The number of aromatic nitrogens is 2. The van der Waals surface area contributed by atoms with Crippen LogP contribution in [0.3, 0.4) is 0 Å². The molecule has 0 radical (unpaired) electrons. The molecule has 0 aromatic carbocycles. The minimum atomic E-state index is -2.86. The Balaban J connectivity index is 2.10. The van der Waals surface area contributed by atoms with E-state index >= 15 is 0 Å². The molecule has 2 rings (SSSR count). The van der Waals surface area contributed by atoms with Crippen molar-refractivity contribution in [2.75, 3.05) is 36.1 Å². The maximum Gasteiger partial charge on any atom is 0.218 e. The molecule has 0 aliphatic carbocycles. The first-order valence-electron chi connectivity index (χ1n) is 5.51. The molecule has 1 saturated heterocycles. The second-order valence-corrected chi connectivity index (χ2v) is 6.09. The van der Waals surface area contributed by atoms with E-state index in [1.807, 2.05) is 11.8 Å². The van der Waals surface area contributed by atoms with Crippen LogP contribution in [-0.2, 0) is 9.84 Å². The Labute approximate surface area is 101 Å². The van der Waals surface area contributed by atoms with Gasteiger partial charge in [0.05, 0.1) is 18.1 Å². The van der Waals surface area contributed by atoms with Gasteiger partial charge in [-0.15, -0.1) is 0 Å². The van der Waals surface area contributed by atoms with Gasteiger partial charge in [-0.1, -0.05) is 0 Å². The van der Waals surface area contributed by atoms with Crippen LogP contribution in [0.2, 0.25) is 0 Å². The van der Waals surface area contributed by atoms with Crippen LogP contribution >= 0.6 is 0 Å². The Hall–Kier alpha value is -1.37. The van der Waals surface area contributed by atoms with Crippen molar-refractivity contribution in [1.29, 1.82) is 0 Å². The van der Waals surface area contributed by atoms with Crippen LogP contribution < -0.4 is 9.64 Å². The van der Waals surface area contributed by atoms with Crippen LogP contribution in [0.25, 0.3) is 0 Å². The predicted octanol–water partition coefficient (Wildman–Crippen LogP) is 0.110. The summed E-state index contributed by atoms with van der Waals surface area (Å²) in [6.07, 6.45) is 1.43. The highest BCUT2D eigenvalue weighted by atomic mass is 32.2. The van der Waals surface area contributed by atoms with E-state index in [-0.39, 0.29) is 11.5 Å². The van der Waals surface area contributed by atoms with Gasteiger partial charge < -0.3 is 9.64 Å². The summed E-state index contributed by atoms with van der Waals surface area (Å²) >= 11 is 0. The Morgan fingerprint density at radius 1 is 1.35 bits per heavy atom. The highest BCUT2D eigenvalue weighted by molar-refractivity contribution is 7.91. The molecule has 0 bridgehead atoms. The van der Waals surface area contributed by atoms with Gasteiger partial charge in [0.1, 0.15) is 12.1 Å². The molecular formula is C10H15N3O3S. The fraction of sp³-hybridized carbons (Fsp3) is 0.600. The smallest absolute Gasteiger partial charge is 0.218 e. The highest BCUT2D eigenvalue weighted by Gasteiger charge is 2.22. The number of ether oxygens (including phenoxy) is 1. The SMILES string of the molecule is CCOc1cc(N2CCS(=O)(=O)CC2)ncn1. The van der Waals surface area contributed by atoms with E-state index in [1.54, 1.807) is 6.07 Å². The molecule has 7 heteroatoms. The summed E-state index contributed by atoms with van der Waals surface area (Å²) in [5.74, 6) is 1.60. The van der Waals surface area contributed by atoms with Gasteiger partial charge in [-0.25, -0.2) is 18.4 Å². The fourth-order valence-corrected chi connectivity index (χ4v) is 2.87. The molecule has 0 atom stereocenters. The van der Waals surface area contributed by atoms with Gasteiger partial charge in [0.15, 0.2) is 9.84 Å². The maximum atomic E-state index is 11.3. The molecule has 0 spiro atoms. The van der Waals surface area contributed by atoms with E-state index in [4.69, 9.17) is 4.74 Å². The zero-order valence-electron chi connectivity index (χ0n) is 9.66. The van der Waals surface area contributed by atoms with Crippen molar-refractivity contribution in [2.24, 2.45) is 0 Å². The van der Waals surface area contributed by atoms with Crippen LogP contribution in [0.1, 0.15) is 6.92 Å². The molecule has 17 heavy (non-hydrogen) atoms. The zero-order chi connectivity index (χ0) is 12.3. The first kappa shape index (κ1) is 12.1. The van der Waals surface area contributed by atoms with Crippen LogP contribution in [0, 0.1) is 0 Å². The average Bonchev–Trinajstić information content (AvgIpc) is 2.30. The first-order valence-corrected chi connectivity index (χ1v) is 7.33. The standard InChI is InChI=1S/C10H15N3O3S/c1-2-16-10-7-9(11-8-12-10)13-3-5-17(14,15)6-4-13/h7-8H,2-6H2,1H3. The Kier molecular flexibility index (Phi) is 3.46. The maximum absolute atomic E-state index is 11.3. The minimum absolute atomic E-state index is 0.182. The largest absolute Gasteiger partial charge is 0.478 e. The van der Waals surface area contributed by atoms with Crippen molar-refractivity contribution in [3.8, 4) is 5.88 Å². The number of hydrogen-bond acceptors (Lipinski definition) is 6. The van der Waals surface area contributed by atoms with Gasteiger partial charge >= 0.3 is 0 Å². The van der Waals surface area contributed by atoms with Crippen molar-refractivity contribution in [3.63, 3.8) is 0 Å². The number of nitrogens with zero attached hydrogens (tertiary/aromatic N) is 3. The molecule has 1 aromatic heterocycles. The summed E-state index contributed by atoms with van der Waals surface area (Å²) in [5, 5.41) is 0.